The van der Waals surface area contributed by atoms with E-state index in [9.17, 15) is 5.11 Å². The maximum absolute atomic E-state index is 9.33. The van der Waals surface area contributed by atoms with E-state index in [4.69, 9.17) is 11.1 Å². The molecule has 0 fully saturated rings. The largest absolute Gasteiger partial charge is 0.398 e. The SMILES string of the molecule is N=Cc1cc(-c2cccnc2-c2cccc(CO)c2)ccc1N. The molecule has 3 aromatic rings. The van der Waals surface area contributed by atoms with Crippen LogP contribution in [0.3, 0.4) is 0 Å². The van der Waals surface area contributed by atoms with Crippen LogP contribution in [-0.2, 0) is 6.61 Å². The van der Waals surface area contributed by atoms with Crippen molar-refractivity contribution in [2.75, 3.05) is 5.73 Å². The molecule has 4 N–H and O–H groups in total. The van der Waals surface area contributed by atoms with Crippen LogP contribution in [0.15, 0.2) is 60.8 Å². The number of aromatic nitrogens is 1. The fourth-order valence-electron chi connectivity index (χ4n) is 2.55. The zero-order valence-electron chi connectivity index (χ0n) is 12.5. The third kappa shape index (κ3) is 2.98. The molecule has 4 nitrogen and oxygen atoms in total. The van der Waals surface area contributed by atoms with Crippen molar-refractivity contribution < 1.29 is 5.11 Å². The van der Waals surface area contributed by atoms with Crippen molar-refractivity contribution >= 4 is 11.9 Å². The van der Waals surface area contributed by atoms with Gasteiger partial charge in [0.05, 0.1) is 12.3 Å². The number of nitrogen functional groups attached to an aromatic ring is 1. The van der Waals surface area contributed by atoms with Gasteiger partial charge in [-0.25, -0.2) is 0 Å². The molecule has 0 amide bonds. The summed E-state index contributed by atoms with van der Waals surface area (Å²) >= 11 is 0. The van der Waals surface area contributed by atoms with Gasteiger partial charge in [0.1, 0.15) is 0 Å². The van der Waals surface area contributed by atoms with Gasteiger partial charge in [-0.05, 0) is 35.4 Å². The molecule has 3 rings (SSSR count). The minimum atomic E-state index is -0.00414. The maximum atomic E-state index is 9.33. The van der Waals surface area contributed by atoms with Gasteiger partial charge in [-0.15, -0.1) is 0 Å². The first kappa shape index (κ1) is 14.9. The van der Waals surface area contributed by atoms with E-state index in [-0.39, 0.29) is 6.61 Å². The number of anilines is 1. The van der Waals surface area contributed by atoms with Crippen molar-refractivity contribution in [2.45, 2.75) is 6.61 Å². The van der Waals surface area contributed by atoms with Gasteiger partial charge in [-0.2, -0.15) is 0 Å². The number of aliphatic hydroxyl groups is 1. The highest BCUT2D eigenvalue weighted by molar-refractivity contribution is 5.89. The molecule has 0 atom stereocenters. The maximum Gasteiger partial charge on any atom is 0.0780 e. The van der Waals surface area contributed by atoms with Gasteiger partial charge < -0.3 is 16.2 Å². The number of aliphatic hydroxyl groups excluding tert-OH is 1. The minimum absolute atomic E-state index is 0.00414. The lowest BCUT2D eigenvalue weighted by Crippen LogP contribution is -1.95. The van der Waals surface area contributed by atoms with E-state index in [1.807, 2.05) is 48.5 Å². The van der Waals surface area contributed by atoms with Gasteiger partial charge in [0.2, 0.25) is 0 Å². The van der Waals surface area contributed by atoms with Crippen LogP contribution in [0.25, 0.3) is 22.4 Å². The molecule has 114 valence electrons. The summed E-state index contributed by atoms with van der Waals surface area (Å²) in [4.78, 5) is 4.51. The Labute approximate surface area is 134 Å². The van der Waals surface area contributed by atoms with Crippen molar-refractivity contribution in [1.82, 2.24) is 4.98 Å². The van der Waals surface area contributed by atoms with Crippen molar-refractivity contribution in [3.63, 3.8) is 0 Å². The van der Waals surface area contributed by atoms with E-state index in [2.05, 4.69) is 4.98 Å². The molecule has 1 heterocycles. The first-order chi connectivity index (χ1) is 11.2. The highest BCUT2D eigenvalue weighted by Gasteiger charge is 2.10. The van der Waals surface area contributed by atoms with Crippen LogP contribution in [0, 0.1) is 5.41 Å². The molecular formula is C19H17N3O. The van der Waals surface area contributed by atoms with Crippen LogP contribution in [0.1, 0.15) is 11.1 Å². The van der Waals surface area contributed by atoms with Crippen molar-refractivity contribution in [3.05, 3.63) is 71.9 Å². The predicted octanol–water partition coefficient (Wildman–Crippen LogP) is 3.49. The fourth-order valence-corrected chi connectivity index (χ4v) is 2.55. The molecule has 4 heteroatoms. The highest BCUT2D eigenvalue weighted by atomic mass is 16.3. The van der Waals surface area contributed by atoms with Gasteiger partial charge in [-0.3, -0.25) is 4.98 Å². The summed E-state index contributed by atoms with van der Waals surface area (Å²) in [5.74, 6) is 0. The number of hydrogen-bond donors (Lipinski definition) is 3. The number of pyridine rings is 1. The van der Waals surface area contributed by atoms with Crippen molar-refractivity contribution in [1.29, 1.82) is 5.41 Å². The average Bonchev–Trinajstić information content (AvgIpc) is 2.62. The lowest BCUT2D eigenvalue weighted by atomic mass is 9.97. The summed E-state index contributed by atoms with van der Waals surface area (Å²) in [6, 6.07) is 17.2. The highest BCUT2D eigenvalue weighted by Crippen LogP contribution is 2.31. The van der Waals surface area contributed by atoms with E-state index in [1.165, 1.54) is 6.21 Å². The molecule has 23 heavy (non-hydrogen) atoms. The standard InChI is InChI=1S/C19H17N3O/c20-11-16-10-14(6-7-18(16)21)17-5-2-8-22-19(17)15-4-1-3-13(9-15)12-23/h1-11,20,23H,12,21H2. The topological polar surface area (TPSA) is 83.0 Å². The molecule has 0 aliphatic rings. The summed E-state index contributed by atoms with van der Waals surface area (Å²) in [6.07, 6.45) is 3.00. The first-order valence-electron chi connectivity index (χ1n) is 7.28. The van der Waals surface area contributed by atoms with Gasteiger partial charge in [0.25, 0.3) is 0 Å². The molecule has 0 saturated carbocycles. The quantitative estimate of drug-likeness (QED) is 0.509. The molecule has 2 aromatic carbocycles. The van der Waals surface area contributed by atoms with Crippen LogP contribution in [0.5, 0.6) is 0 Å². The van der Waals surface area contributed by atoms with Gasteiger partial charge in [-0.1, -0.05) is 30.3 Å². The van der Waals surface area contributed by atoms with Gasteiger partial charge in [0.15, 0.2) is 0 Å². The Morgan fingerprint density at radius 3 is 2.70 bits per heavy atom. The van der Waals surface area contributed by atoms with E-state index in [0.29, 0.717) is 11.3 Å². The fraction of sp³-hybridized carbons (Fsp3) is 0.0526. The molecule has 0 aliphatic heterocycles. The summed E-state index contributed by atoms with van der Waals surface area (Å²) < 4.78 is 0. The molecule has 0 aliphatic carbocycles. The molecule has 0 radical (unpaired) electrons. The lowest BCUT2D eigenvalue weighted by Gasteiger charge is -2.11. The second-order valence-electron chi connectivity index (χ2n) is 5.25. The van der Waals surface area contributed by atoms with Crippen LogP contribution in [-0.4, -0.2) is 16.3 Å². The van der Waals surface area contributed by atoms with E-state index < -0.39 is 0 Å². The molecule has 1 aromatic heterocycles. The molecular weight excluding hydrogens is 286 g/mol. The van der Waals surface area contributed by atoms with Crippen LogP contribution in [0.4, 0.5) is 5.69 Å². The van der Waals surface area contributed by atoms with Crippen LogP contribution >= 0.6 is 0 Å². The number of hydrogen-bond acceptors (Lipinski definition) is 4. The molecule has 0 spiro atoms. The summed E-state index contributed by atoms with van der Waals surface area (Å²) in [5, 5.41) is 16.8. The summed E-state index contributed by atoms with van der Waals surface area (Å²) in [6.45, 7) is -0.00414. The smallest absolute Gasteiger partial charge is 0.0780 e. The van der Waals surface area contributed by atoms with E-state index in [0.717, 1.165) is 27.9 Å². The van der Waals surface area contributed by atoms with Crippen molar-refractivity contribution in [3.8, 4) is 22.4 Å². The Morgan fingerprint density at radius 2 is 1.91 bits per heavy atom. The molecule has 0 saturated heterocycles. The van der Waals surface area contributed by atoms with E-state index in [1.54, 1.807) is 12.3 Å². The zero-order chi connectivity index (χ0) is 16.2. The summed E-state index contributed by atoms with van der Waals surface area (Å²) in [7, 11) is 0. The third-order valence-corrected chi connectivity index (χ3v) is 3.74. The Kier molecular flexibility index (Phi) is 4.17. The van der Waals surface area contributed by atoms with Crippen LogP contribution < -0.4 is 5.73 Å². The molecule has 0 unspecified atom stereocenters. The van der Waals surface area contributed by atoms with Crippen molar-refractivity contribution in [2.24, 2.45) is 0 Å². The third-order valence-electron chi connectivity index (χ3n) is 3.74. The Hall–Kier alpha value is -2.98. The second-order valence-corrected chi connectivity index (χ2v) is 5.25. The second kappa shape index (κ2) is 6.42. The van der Waals surface area contributed by atoms with Gasteiger partial charge in [0, 0.05) is 34.8 Å². The Morgan fingerprint density at radius 1 is 1.04 bits per heavy atom. The number of nitrogens with two attached hydrogens (primary N) is 1. The lowest BCUT2D eigenvalue weighted by molar-refractivity contribution is 0.282. The number of nitrogens with zero attached hydrogens (tertiary/aromatic N) is 1. The minimum Gasteiger partial charge on any atom is -0.398 e. The van der Waals surface area contributed by atoms with Crippen LogP contribution in [0.2, 0.25) is 0 Å². The normalized spacial score (nSPS) is 10.5. The monoisotopic (exact) mass is 303 g/mol. The number of rotatable bonds is 4. The average molecular weight is 303 g/mol. The first-order valence-corrected chi connectivity index (χ1v) is 7.28. The number of nitrogens with one attached hydrogen (secondary N) is 1. The Balaban J connectivity index is 2.16. The summed E-state index contributed by atoms with van der Waals surface area (Å²) in [5.41, 5.74) is 11.7. The zero-order valence-corrected chi connectivity index (χ0v) is 12.5. The predicted molar refractivity (Wildman–Crippen MR) is 93.3 cm³/mol. The van der Waals surface area contributed by atoms with Gasteiger partial charge >= 0.3 is 0 Å². The molecule has 0 bridgehead atoms. The number of benzene rings is 2. The van der Waals surface area contributed by atoms with E-state index >= 15 is 0 Å². The Bertz CT molecular complexity index is 859.